The second-order valence-electron chi connectivity index (χ2n) is 4.15. The number of rotatable bonds is 5. The molecular formula is C14H16ClN3O. The smallest absolute Gasteiger partial charge is 0.144 e. The zero-order chi connectivity index (χ0) is 13.7. The van der Waals surface area contributed by atoms with Gasteiger partial charge in [0.1, 0.15) is 18.2 Å². The van der Waals surface area contributed by atoms with Gasteiger partial charge in [-0.25, -0.2) is 4.98 Å². The van der Waals surface area contributed by atoms with E-state index in [0.717, 1.165) is 23.6 Å². The van der Waals surface area contributed by atoms with E-state index in [9.17, 15) is 0 Å². The first kappa shape index (κ1) is 13.6. The normalized spacial score (nSPS) is 10.3. The molecule has 0 fully saturated rings. The number of hydrogen-bond acceptors (Lipinski definition) is 4. The number of aromatic nitrogens is 2. The van der Waals surface area contributed by atoms with Gasteiger partial charge in [-0.1, -0.05) is 17.7 Å². The van der Waals surface area contributed by atoms with Crippen molar-refractivity contribution in [3.05, 3.63) is 46.9 Å². The van der Waals surface area contributed by atoms with Crippen LogP contribution in [0, 0.1) is 6.92 Å². The van der Waals surface area contributed by atoms with Crippen LogP contribution in [0.1, 0.15) is 18.2 Å². The molecular weight excluding hydrogens is 262 g/mol. The summed E-state index contributed by atoms with van der Waals surface area (Å²) in [7, 11) is 0. The number of halogens is 1. The topological polar surface area (TPSA) is 47.0 Å². The average Bonchev–Trinajstić information content (AvgIpc) is 2.40. The number of aryl methyl sites for hydroxylation is 1. The molecule has 0 aliphatic carbocycles. The highest BCUT2D eigenvalue weighted by atomic mass is 35.5. The summed E-state index contributed by atoms with van der Waals surface area (Å²) in [5.74, 6) is 1.42. The summed E-state index contributed by atoms with van der Waals surface area (Å²) in [6.07, 6.45) is 3.39. The highest BCUT2D eigenvalue weighted by molar-refractivity contribution is 6.32. The predicted molar refractivity (Wildman–Crippen MR) is 76.7 cm³/mol. The van der Waals surface area contributed by atoms with Crippen molar-refractivity contribution in [3.63, 3.8) is 0 Å². The van der Waals surface area contributed by atoms with Crippen LogP contribution < -0.4 is 10.1 Å². The van der Waals surface area contributed by atoms with E-state index in [1.165, 1.54) is 0 Å². The van der Waals surface area contributed by atoms with Crippen LogP contribution in [-0.4, -0.2) is 16.5 Å². The summed E-state index contributed by atoms with van der Waals surface area (Å²) in [6.45, 7) is 5.17. The molecule has 0 unspecified atom stereocenters. The van der Waals surface area contributed by atoms with Crippen molar-refractivity contribution >= 4 is 17.4 Å². The van der Waals surface area contributed by atoms with Gasteiger partial charge in [0.2, 0.25) is 0 Å². The average molecular weight is 278 g/mol. The summed E-state index contributed by atoms with van der Waals surface area (Å²) in [5.41, 5.74) is 1.87. The summed E-state index contributed by atoms with van der Waals surface area (Å²) in [5, 5.41) is 3.70. The van der Waals surface area contributed by atoms with Crippen molar-refractivity contribution in [1.82, 2.24) is 9.97 Å². The maximum absolute atomic E-state index is 6.09. The fourth-order valence-electron chi connectivity index (χ4n) is 1.58. The molecule has 0 saturated heterocycles. The Morgan fingerprint density at radius 3 is 2.74 bits per heavy atom. The zero-order valence-corrected chi connectivity index (χ0v) is 11.7. The molecule has 1 heterocycles. The monoisotopic (exact) mass is 277 g/mol. The number of hydrogen-bond donors (Lipinski definition) is 1. The summed E-state index contributed by atoms with van der Waals surface area (Å²) in [6, 6.07) is 5.69. The third-order valence-electron chi connectivity index (χ3n) is 2.53. The number of ether oxygens (including phenoxy) is 1. The van der Waals surface area contributed by atoms with Gasteiger partial charge in [0.25, 0.3) is 0 Å². The van der Waals surface area contributed by atoms with E-state index in [0.29, 0.717) is 17.4 Å². The van der Waals surface area contributed by atoms with E-state index in [1.54, 1.807) is 12.4 Å². The lowest BCUT2D eigenvalue weighted by atomic mass is 10.2. The molecule has 19 heavy (non-hydrogen) atoms. The maximum Gasteiger partial charge on any atom is 0.144 e. The van der Waals surface area contributed by atoms with Gasteiger partial charge in [-0.15, -0.1) is 0 Å². The minimum absolute atomic E-state index is 0.349. The molecule has 0 bridgehead atoms. The van der Waals surface area contributed by atoms with Gasteiger partial charge < -0.3 is 10.1 Å². The second kappa shape index (κ2) is 6.38. The fraction of sp³-hybridized carbons (Fsp3) is 0.286. The van der Waals surface area contributed by atoms with Crippen LogP contribution in [0.5, 0.6) is 5.75 Å². The molecule has 4 nitrogen and oxygen atoms in total. The van der Waals surface area contributed by atoms with Crippen molar-refractivity contribution in [2.24, 2.45) is 0 Å². The molecule has 0 amide bonds. The second-order valence-corrected chi connectivity index (χ2v) is 4.55. The Morgan fingerprint density at radius 1 is 1.26 bits per heavy atom. The quantitative estimate of drug-likeness (QED) is 0.909. The molecule has 0 atom stereocenters. The highest BCUT2D eigenvalue weighted by Crippen LogP contribution is 2.25. The Hall–Kier alpha value is -1.81. The molecule has 1 N–H and O–H groups in total. The van der Waals surface area contributed by atoms with Gasteiger partial charge in [-0.05, 0) is 31.5 Å². The van der Waals surface area contributed by atoms with Crippen molar-refractivity contribution in [2.45, 2.75) is 20.5 Å². The minimum atomic E-state index is 0.349. The van der Waals surface area contributed by atoms with Gasteiger partial charge in [0.15, 0.2) is 0 Å². The standard InChI is InChI=1S/C14H16ClN3O/c1-3-16-14-8-17-11(7-18-14)9-19-13-5-4-10(2)6-12(13)15/h4-8H,3,9H2,1-2H3,(H,16,18). The van der Waals surface area contributed by atoms with Gasteiger partial charge in [0.05, 0.1) is 23.1 Å². The molecule has 0 radical (unpaired) electrons. The molecule has 1 aromatic carbocycles. The van der Waals surface area contributed by atoms with Crippen LogP contribution >= 0.6 is 11.6 Å². The summed E-state index contributed by atoms with van der Waals surface area (Å²) in [4.78, 5) is 8.50. The number of anilines is 1. The SMILES string of the molecule is CCNc1cnc(COc2ccc(C)cc2Cl)cn1. The fourth-order valence-corrected chi connectivity index (χ4v) is 1.87. The van der Waals surface area contributed by atoms with E-state index in [-0.39, 0.29) is 0 Å². The molecule has 100 valence electrons. The van der Waals surface area contributed by atoms with Gasteiger partial charge >= 0.3 is 0 Å². The van der Waals surface area contributed by atoms with Gasteiger partial charge in [-0.3, -0.25) is 4.98 Å². The van der Waals surface area contributed by atoms with Gasteiger partial charge in [0, 0.05) is 6.54 Å². The minimum Gasteiger partial charge on any atom is -0.486 e. The van der Waals surface area contributed by atoms with E-state index in [4.69, 9.17) is 16.3 Å². The summed E-state index contributed by atoms with van der Waals surface area (Å²) >= 11 is 6.09. The third-order valence-corrected chi connectivity index (χ3v) is 2.82. The molecule has 2 rings (SSSR count). The Labute approximate surface area is 117 Å². The van der Waals surface area contributed by atoms with Crippen molar-refractivity contribution in [2.75, 3.05) is 11.9 Å². The van der Waals surface area contributed by atoms with Crippen LogP contribution in [-0.2, 0) is 6.61 Å². The molecule has 5 heteroatoms. The lowest BCUT2D eigenvalue weighted by Gasteiger charge is -2.08. The van der Waals surface area contributed by atoms with E-state index >= 15 is 0 Å². The van der Waals surface area contributed by atoms with Crippen LogP contribution in [0.3, 0.4) is 0 Å². The van der Waals surface area contributed by atoms with E-state index in [2.05, 4.69) is 15.3 Å². The summed E-state index contributed by atoms with van der Waals surface area (Å²) < 4.78 is 5.62. The number of nitrogens with zero attached hydrogens (tertiary/aromatic N) is 2. The highest BCUT2D eigenvalue weighted by Gasteiger charge is 2.03. The largest absolute Gasteiger partial charge is 0.486 e. The Morgan fingerprint density at radius 2 is 2.11 bits per heavy atom. The first-order chi connectivity index (χ1) is 9.19. The van der Waals surface area contributed by atoms with Crippen LogP contribution in [0.15, 0.2) is 30.6 Å². The van der Waals surface area contributed by atoms with Crippen molar-refractivity contribution in [3.8, 4) is 5.75 Å². The van der Waals surface area contributed by atoms with Crippen LogP contribution in [0.2, 0.25) is 5.02 Å². The molecule has 0 saturated carbocycles. The first-order valence-corrected chi connectivity index (χ1v) is 6.50. The van der Waals surface area contributed by atoms with Crippen LogP contribution in [0.25, 0.3) is 0 Å². The molecule has 2 aromatic rings. The maximum atomic E-state index is 6.09. The first-order valence-electron chi connectivity index (χ1n) is 6.12. The molecule has 0 aliphatic rings. The predicted octanol–water partition coefficient (Wildman–Crippen LogP) is 3.45. The Bertz CT molecular complexity index is 543. The molecule has 0 aliphatic heterocycles. The Balaban J connectivity index is 1.98. The Kier molecular flexibility index (Phi) is 4.58. The van der Waals surface area contributed by atoms with E-state index < -0.39 is 0 Å². The van der Waals surface area contributed by atoms with E-state index in [1.807, 2.05) is 32.0 Å². The molecule has 1 aromatic heterocycles. The van der Waals surface area contributed by atoms with Gasteiger partial charge in [-0.2, -0.15) is 0 Å². The molecule has 0 spiro atoms. The van der Waals surface area contributed by atoms with Crippen molar-refractivity contribution < 1.29 is 4.74 Å². The third kappa shape index (κ3) is 3.83. The van der Waals surface area contributed by atoms with Crippen LogP contribution in [0.4, 0.5) is 5.82 Å². The number of nitrogens with one attached hydrogen (secondary N) is 1. The lowest BCUT2D eigenvalue weighted by molar-refractivity contribution is 0.301. The van der Waals surface area contributed by atoms with Crippen molar-refractivity contribution in [1.29, 1.82) is 0 Å². The zero-order valence-electron chi connectivity index (χ0n) is 11.0. The lowest BCUT2D eigenvalue weighted by Crippen LogP contribution is -2.03. The number of benzene rings is 1.